The molecule has 0 aliphatic heterocycles. The van der Waals surface area contributed by atoms with Crippen LogP contribution in [0.2, 0.25) is 0 Å². The standard InChI is InChI=1S/C16H28N4O2/c1-2-10-20-15(8-9-17-20)18-16(22)13-19(11-12-21)14-6-4-3-5-7-14/h8-9,14,21H,2-7,10-13H2,1H3,(H,18,22). The van der Waals surface area contributed by atoms with Gasteiger partial charge in [-0.2, -0.15) is 5.10 Å². The lowest BCUT2D eigenvalue weighted by Gasteiger charge is -2.33. The Hall–Kier alpha value is -1.40. The molecule has 2 rings (SSSR count). The van der Waals surface area contributed by atoms with Gasteiger partial charge in [-0.05, 0) is 19.3 Å². The van der Waals surface area contributed by atoms with E-state index in [1.165, 1.54) is 19.3 Å². The molecule has 0 saturated heterocycles. The second kappa shape index (κ2) is 8.90. The molecule has 2 N–H and O–H groups in total. The van der Waals surface area contributed by atoms with E-state index in [4.69, 9.17) is 0 Å². The van der Waals surface area contributed by atoms with Gasteiger partial charge in [0.05, 0.1) is 19.3 Å². The number of aryl methyl sites for hydroxylation is 1. The first kappa shape index (κ1) is 17.0. The SMILES string of the molecule is CCCn1nccc1NC(=O)CN(CCO)C1CCCCC1. The minimum atomic E-state index is -0.0307. The van der Waals surface area contributed by atoms with Crippen molar-refractivity contribution in [2.24, 2.45) is 0 Å². The molecule has 1 aliphatic carbocycles. The third kappa shape index (κ3) is 4.81. The maximum absolute atomic E-state index is 12.3. The lowest BCUT2D eigenvalue weighted by Crippen LogP contribution is -2.43. The van der Waals surface area contributed by atoms with Crippen LogP contribution in [0.4, 0.5) is 5.82 Å². The molecule has 0 aromatic carbocycles. The molecular weight excluding hydrogens is 280 g/mol. The molecule has 0 atom stereocenters. The second-order valence-electron chi connectivity index (χ2n) is 5.97. The first-order valence-electron chi connectivity index (χ1n) is 8.41. The number of carbonyl (C=O) groups is 1. The molecule has 1 aromatic heterocycles. The van der Waals surface area contributed by atoms with Crippen LogP contribution in [0.1, 0.15) is 45.4 Å². The predicted octanol–water partition coefficient (Wildman–Crippen LogP) is 1.86. The van der Waals surface area contributed by atoms with Gasteiger partial charge in [-0.1, -0.05) is 26.2 Å². The summed E-state index contributed by atoms with van der Waals surface area (Å²) in [6.45, 7) is 3.87. The minimum absolute atomic E-state index is 0.0307. The Kier molecular flexibility index (Phi) is 6.86. The minimum Gasteiger partial charge on any atom is -0.395 e. The van der Waals surface area contributed by atoms with E-state index in [-0.39, 0.29) is 12.5 Å². The van der Waals surface area contributed by atoms with Gasteiger partial charge in [-0.25, -0.2) is 4.68 Å². The number of hydrogen-bond donors (Lipinski definition) is 2. The van der Waals surface area contributed by atoms with Crippen LogP contribution in [0, 0.1) is 0 Å². The Morgan fingerprint density at radius 2 is 2.23 bits per heavy atom. The number of carbonyl (C=O) groups excluding carboxylic acids is 1. The van der Waals surface area contributed by atoms with Gasteiger partial charge in [-0.15, -0.1) is 0 Å². The van der Waals surface area contributed by atoms with Crippen molar-refractivity contribution in [2.75, 3.05) is 25.0 Å². The fourth-order valence-electron chi connectivity index (χ4n) is 3.16. The molecule has 0 bridgehead atoms. The van der Waals surface area contributed by atoms with Gasteiger partial charge < -0.3 is 10.4 Å². The fourth-order valence-corrected chi connectivity index (χ4v) is 3.16. The molecule has 1 fully saturated rings. The highest BCUT2D eigenvalue weighted by Crippen LogP contribution is 2.22. The highest BCUT2D eigenvalue weighted by Gasteiger charge is 2.23. The Labute approximate surface area is 132 Å². The van der Waals surface area contributed by atoms with Crippen molar-refractivity contribution in [1.29, 1.82) is 0 Å². The predicted molar refractivity (Wildman–Crippen MR) is 86.7 cm³/mol. The van der Waals surface area contributed by atoms with Gasteiger partial charge in [0.15, 0.2) is 0 Å². The van der Waals surface area contributed by atoms with Crippen LogP contribution in [0.15, 0.2) is 12.3 Å². The molecule has 1 saturated carbocycles. The van der Waals surface area contributed by atoms with Gasteiger partial charge in [0.25, 0.3) is 0 Å². The Bertz CT molecular complexity index is 455. The van der Waals surface area contributed by atoms with E-state index < -0.39 is 0 Å². The lowest BCUT2D eigenvalue weighted by atomic mass is 9.94. The van der Waals surface area contributed by atoms with Crippen molar-refractivity contribution in [1.82, 2.24) is 14.7 Å². The quantitative estimate of drug-likeness (QED) is 0.769. The molecule has 1 heterocycles. The smallest absolute Gasteiger partial charge is 0.239 e. The normalized spacial score (nSPS) is 16.1. The summed E-state index contributed by atoms with van der Waals surface area (Å²) in [5.74, 6) is 0.719. The van der Waals surface area contributed by atoms with Crippen LogP contribution < -0.4 is 5.32 Å². The molecule has 1 aliphatic rings. The third-order valence-corrected chi connectivity index (χ3v) is 4.24. The van der Waals surface area contributed by atoms with Crippen molar-refractivity contribution in [2.45, 2.75) is 58.0 Å². The van der Waals surface area contributed by atoms with E-state index >= 15 is 0 Å². The molecule has 6 nitrogen and oxygen atoms in total. The fraction of sp³-hybridized carbons (Fsp3) is 0.750. The molecule has 1 amide bonds. The number of aliphatic hydroxyl groups is 1. The first-order valence-corrected chi connectivity index (χ1v) is 8.41. The number of rotatable bonds is 8. The van der Waals surface area contributed by atoms with Crippen molar-refractivity contribution in [3.8, 4) is 0 Å². The first-order chi connectivity index (χ1) is 10.7. The van der Waals surface area contributed by atoms with Crippen molar-refractivity contribution in [3.63, 3.8) is 0 Å². The largest absolute Gasteiger partial charge is 0.395 e. The van der Waals surface area contributed by atoms with E-state index in [0.29, 0.717) is 19.1 Å². The van der Waals surface area contributed by atoms with E-state index in [9.17, 15) is 9.90 Å². The number of nitrogens with one attached hydrogen (secondary N) is 1. The van der Waals surface area contributed by atoms with E-state index in [0.717, 1.165) is 31.6 Å². The number of anilines is 1. The summed E-state index contributed by atoms with van der Waals surface area (Å²) >= 11 is 0. The van der Waals surface area contributed by atoms with E-state index in [1.807, 2.05) is 10.7 Å². The summed E-state index contributed by atoms with van der Waals surface area (Å²) in [6, 6.07) is 2.25. The van der Waals surface area contributed by atoms with Gasteiger partial charge in [0, 0.05) is 25.2 Å². The highest BCUT2D eigenvalue weighted by molar-refractivity contribution is 5.91. The van der Waals surface area contributed by atoms with Crippen LogP contribution in [0.5, 0.6) is 0 Å². The van der Waals surface area contributed by atoms with Gasteiger partial charge in [-0.3, -0.25) is 9.69 Å². The average Bonchev–Trinajstić information content (AvgIpc) is 2.95. The number of aliphatic hydroxyl groups excluding tert-OH is 1. The maximum atomic E-state index is 12.3. The summed E-state index contributed by atoms with van der Waals surface area (Å²) < 4.78 is 1.81. The van der Waals surface area contributed by atoms with Crippen molar-refractivity contribution in [3.05, 3.63) is 12.3 Å². The second-order valence-corrected chi connectivity index (χ2v) is 5.97. The lowest BCUT2D eigenvalue weighted by molar-refractivity contribution is -0.118. The maximum Gasteiger partial charge on any atom is 0.239 e. The number of amides is 1. The molecule has 0 radical (unpaired) electrons. The molecular formula is C16H28N4O2. The zero-order valence-corrected chi connectivity index (χ0v) is 13.5. The Morgan fingerprint density at radius 1 is 1.45 bits per heavy atom. The van der Waals surface area contributed by atoms with Crippen LogP contribution in [-0.4, -0.2) is 51.4 Å². The zero-order valence-electron chi connectivity index (χ0n) is 13.5. The van der Waals surface area contributed by atoms with Crippen LogP contribution in [-0.2, 0) is 11.3 Å². The monoisotopic (exact) mass is 308 g/mol. The van der Waals surface area contributed by atoms with Crippen LogP contribution >= 0.6 is 0 Å². The highest BCUT2D eigenvalue weighted by atomic mass is 16.3. The summed E-state index contributed by atoms with van der Waals surface area (Å²) in [5, 5.41) is 16.4. The molecule has 1 aromatic rings. The Morgan fingerprint density at radius 3 is 2.91 bits per heavy atom. The number of aromatic nitrogens is 2. The molecule has 0 unspecified atom stereocenters. The molecule has 6 heteroatoms. The molecule has 124 valence electrons. The van der Waals surface area contributed by atoms with Crippen LogP contribution in [0.3, 0.4) is 0 Å². The van der Waals surface area contributed by atoms with Gasteiger partial charge >= 0.3 is 0 Å². The average molecular weight is 308 g/mol. The summed E-state index contributed by atoms with van der Waals surface area (Å²) in [4.78, 5) is 14.4. The summed E-state index contributed by atoms with van der Waals surface area (Å²) in [5.41, 5.74) is 0. The summed E-state index contributed by atoms with van der Waals surface area (Å²) in [7, 11) is 0. The van der Waals surface area contributed by atoms with Gasteiger partial charge in [0.1, 0.15) is 5.82 Å². The topological polar surface area (TPSA) is 70.4 Å². The van der Waals surface area contributed by atoms with E-state index in [2.05, 4.69) is 22.2 Å². The number of nitrogens with zero attached hydrogens (tertiary/aromatic N) is 3. The zero-order chi connectivity index (χ0) is 15.8. The van der Waals surface area contributed by atoms with Crippen molar-refractivity contribution >= 4 is 11.7 Å². The summed E-state index contributed by atoms with van der Waals surface area (Å²) in [6.07, 6.45) is 8.66. The van der Waals surface area contributed by atoms with Crippen molar-refractivity contribution < 1.29 is 9.90 Å². The van der Waals surface area contributed by atoms with E-state index in [1.54, 1.807) is 6.20 Å². The molecule has 22 heavy (non-hydrogen) atoms. The molecule has 0 spiro atoms. The number of hydrogen-bond acceptors (Lipinski definition) is 4. The third-order valence-electron chi connectivity index (χ3n) is 4.24. The Balaban J connectivity index is 1.91. The van der Waals surface area contributed by atoms with Crippen LogP contribution in [0.25, 0.3) is 0 Å². The van der Waals surface area contributed by atoms with Gasteiger partial charge in [0.2, 0.25) is 5.91 Å².